The lowest BCUT2D eigenvalue weighted by Gasteiger charge is -2.14. The molecule has 0 aliphatic rings. The molecule has 5 nitrogen and oxygen atoms in total. The van der Waals surface area contributed by atoms with Crippen molar-refractivity contribution in [2.45, 2.75) is 13.5 Å². The van der Waals surface area contributed by atoms with E-state index in [0.29, 0.717) is 15.1 Å². The van der Waals surface area contributed by atoms with Gasteiger partial charge in [0.05, 0.1) is 16.4 Å². The first-order valence-electron chi connectivity index (χ1n) is 8.11. The Morgan fingerprint density at radius 1 is 1.17 bits per heavy atom. The largest absolute Gasteiger partial charge is 0.497 e. The fraction of sp³-hybridized carbons (Fsp3) is 0.158. The van der Waals surface area contributed by atoms with Crippen molar-refractivity contribution in [1.29, 1.82) is 0 Å². The van der Waals surface area contributed by atoms with Crippen LogP contribution in [0.4, 0.5) is 13.2 Å². The lowest BCUT2D eigenvalue weighted by molar-refractivity contribution is 0.0628. The molecule has 0 amide bonds. The van der Waals surface area contributed by atoms with Gasteiger partial charge >= 0.3 is 6.55 Å². The predicted octanol–water partition coefficient (Wildman–Crippen LogP) is 5.81. The normalized spacial score (nSPS) is 11.0. The van der Waals surface area contributed by atoms with Crippen molar-refractivity contribution in [1.82, 2.24) is 9.55 Å². The Labute approximate surface area is 182 Å². The molecule has 0 radical (unpaired) electrons. The molecule has 0 atom stereocenters. The number of hydrogen-bond acceptors (Lipinski definition) is 4. The molecule has 3 aromatic rings. The molecule has 10 heteroatoms. The Bertz CT molecular complexity index is 1120. The maximum atomic E-state index is 14.6. The van der Waals surface area contributed by atoms with Gasteiger partial charge in [0.2, 0.25) is 0 Å². The molecule has 29 heavy (non-hydrogen) atoms. The SMILES string of the molecule is COc1ccc(Oc2cc(-c3nc(C)n(C(F)F)c(=O)c3Cl)c(F)cc2I)cc1. The first-order valence-corrected chi connectivity index (χ1v) is 9.56. The molecule has 3 rings (SSSR count). The van der Waals surface area contributed by atoms with E-state index in [1.807, 2.05) is 22.6 Å². The van der Waals surface area contributed by atoms with E-state index in [-0.39, 0.29) is 27.4 Å². The molecule has 0 saturated heterocycles. The van der Waals surface area contributed by atoms with Crippen LogP contribution < -0.4 is 15.0 Å². The van der Waals surface area contributed by atoms with Gasteiger partial charge in [-0.05, 0) is 65.9 Å². The Balaban J connectivity index is 2.09. The molecular weight excluding hydrogens is 524 g/mol. The van der Waals surface area contributed by atoms with Crippen LogP contribution in [0.2, 0.25) is 5.02 Å². The number of halogens is 5. The van der Waals surface area contributed by atoms with E-state index in [1.165, 1.54) is 26.2 Å². The molecule has 2 aromatic carbocycles. The first-order chi connectivity index (χ1) is 13.7. The van der Waals surface area contributed by atoms with Gasteiger partial charge < -0.3 is 9.47 Å². The van der Waals surface area contributed by atoms with E-state index in [9.17, 15) is 18.0 Å². The van der Waals surface area contributed by atoms with Crippen molar-refractivity contribution < 1.29 is 22.6 Å². The molecule has 0 unspecified atom stereocenters. The highest BCUT2D eigenvalue weighted by Crippen LogP contribution is 2.35. The third-order valence-corrected chi connectivity index (χ3v) is 5.18. The number of methoxy groups -OCH3 is 1. The van der Waals surface area contributed by atoms with Crippen molar-refractivity contribution in [3.63, 3.8) is 0 Å². The molecule has 0 N–H and O–H groups in total. The van der Waals surface area contributed by atoms with Crippen LogP contribution in [0.5, 0.6) is 17.2 Å². The number of rotatable bonds is 5. The van der Waals surface area contributed by atoms with Gasteiger partial charge in [0.15, 0.2) is 0 Å². The molecule has 0 fully saturated rings. The zero-order chi connectivity index (χ0) is 21.3. The van der Waals surface area contributed by atoms with Gasteiger partial charge in [0, 0.05) is 5.56 Å². The molecule has 0 spiro atoms. The standard InChI is InChI=1S/C19H13ClF3IN2O3/c1-9-25-17(16(20)18(27)26(9)19(22)23)12-7-15(14(24)8-13(12)21)29-11-5-3-10(28-2)4-6-11/h3-8,19H,1-2H3. The lowest BCUT2D eigenvalue weighted by Crippen LogP contribution is -2.25. The minimum Gasteiger partial charge on any atom is -0.497 e. The minimum absolute atomic E-state index is 0.138. The van der Waals surface area contributed by atoms with Crippen LogP contribution in [-0.2, 0) is 0 Å². The number of ether oxygens (including phenoxy) is 2. The van der Waals surface area contributed by atoms with Crippen molar-refractivity contribution in [3.05, 3.63) is 67.0 Å². The van der Waals surface area contributed by atoms with E-state index in [4.69, 9.17) is 21.1 Å². The van der Waals surface area contributed by atoms with Gasteiger partial charge in [-0.1, -0.05) is 11.6 Å². The summed E-state index contributed by atoms with van der Waals surface area (Å²) < 4.78 is 52.2. The summed E-state index contributed by atoms with van der Waals surface area (Å²) >= 11 is 7.85. The highest BCUT2D eigenvalue weighted by Gasteiger charge is 2.22. The van der Waals surface area contributed by atoms with Crippen LogP contribution in [0.25, 0.3) is 11.3 Å². The molecular formula is C19H13ClF3IN2O3. The van der Waals surface area contributed by atoms with Gasteiger partial charge in [-0.2, -0.15) is 8.78 Å². The average Bonchev–Trinajstić information content (AvgIpc) is 2.67. The van der Waals surface area contributed by atoms with Crippen LogP contribution in [0.15, 0.2) is 41.2 Å². The van der Waals surface area contributed by atoms with Crippen LogP contribution in [0.1, 0.15) is 12.4 Å². The van der Waals surface area contributed by atoms with Gasteiger partial charge in [-0.3, -0.25) is 4.79 Å². The van der Waals surface area contributed by atoms with Gasteiger partial charge in [0.25, 0.3) is 5.56 Å². The van der Waals surface area contributed by atoms with E-state index in [2.05, 4.69) is 4.98 Å². The highest BCUT2D eigenvalue weighted by atomic mass is 127. The summed E-state index contributed by atoms with van der Waals surface area (Å²) in [6, 6.07) is 9.22. The first kappa shape index (κ1) is 21.4. The lowest BCUT2D eigenvalue weighted by atomic mass is 10.1. The van der Waals surface area contributed by atoms with E-state index >= 15 is 0 Å². The summed E-state index contributed by atoms with van der Waals surface area (Å²) in [5.74, 6) is 0.364. The van der Waals surface area contributed by atoms with Crippen LogP contribution in [-0.4, -0.2) is 16.7 Å². The van der Waals surface area contributed by atoms with Crippen molar-refractivity contribution in [3.8, 4) is 28.5 Å². The molecule has 1 aromatic heterocycles. The van der Waals surface area contributed by atoms with Crippen molar-refractivity contribution in [2.24, 2.45) is 0 Å². The topological polar surface area (TPSA) is 53.4 Å². The van der Waals surface area contributed by atoms with E-state index < -0.39 is 22.9 Å². The average molecular weight is 537 g/mol. The molecule has 0 aliphatic carbocycles. The molecule has 152 valence electrons. The van der Waals surface area contributed by atoms with Gasteiger partial charge in [-0.25, -0.2) is 13.9 Å². The van der Waals surface area contributed by atoms with Crippen molar-refractivity contribution >= 4 is 34.2 Å². The zero-order valence-electron chi connectivity index (χ0n) is 15.1. The van der Waals surface area contributed by atoms with Crippen molar-refractivity contribution in [2.75, 3.05) is 7.11 Å². The highest BCUT2D eigenvalue weighted by molar-refractivity contribution is 14.1. The second-order valence-electron chi connectivity index (χ2n) is 5.81. The van der Waals surface area contributed by atoms with Gasteiger partial charge in [-0.15, -0.1) is 0 Å². The van der Waals surface area contributed by atoms with E-state index in [1.54, 1.807) is 24.3 Å². The maximum absolute atomic E-state index is 14.6. The number of nitrogens with zero attached hydrogens (tertiary/aromatic N) is 2. The third-order valence-electron chi connectivity index (χ3n) is 4.00. The summed E-state index contributed by atoms with van der Waals surface area (Å²) in [5.41, 5.74) is -1.53. The molecule has 0 saturated carbocycles. The Morgan fingerprint density at radius 3 is 2.38 bits per heavy atom. The minimum atomic E-state index is -3.11. The summed E-state index contributed by atoms with van der Waals surface area (Å²) in [7, 11) is 1.53. The molecule has 1 heterocycles. The number of hydrogen-bond donors (Lipinski definition) is 0. The van der Waals surface area contributed by atoms with Gasteiger partial charge in [0.1, 0.15) is 33.9 Å². The monoisotopic (exact) mass is 536 g/mol. The quantitative estimate of drug-likeness (QED) is 0.386. The number of aromatic nitrogens is 2. The Kier molecular flexibility index (Phi) is 6.37. The van der Waals surface area contributed by atoms with Crippen LogP contribution in [0.3, 0.4) is 0 Å². The van der Waals surface area contributed by atoms with Crippen LogP contribution >= 0.6 is 34.2 Å². The fourth-order valence-electron chi connectivity index (χ4n) is 2.59. The number of alkyl halides is 2. The van der Waals surface area contributed by atoms with Crippen LogP contribution in [0, 0.1) is 16.3 Å². The zero-order valence-corrected chi connectivity index (χ0v) is 18.0. The fourth-order valence-corrected chi connectivity index (χ4v) is 3.36. The summed E-state index contributed by atoms with van der Waals surface area (Å²) in [5, 5.41) is -0.605. The third kappa shape index (κ3) is 4.35. The number of aryl methyl sites for hydroxylation is 1. The Morgan fingerprint density at radius 2 is 1.79 bits per heavy atom. The second-order valence-corrected chi connectivity index (χ2v) is 7.35. The molecule has 0 aliphatic heterocycles. The summed E-state index contributed by atoms with van der Waals surface area (Å²) in [4.78, 5) is 16.1. The summed E-state index contributed by atoms with van der Waals surface area (Å²) in [6.45, 7) is -1.90. The molecule has 0 bridgehead atoms. The predicted molar refractivity (Wildman–Crippen MR) is 111 cm³/mol. The number of benzene rings is 2. The summed E-state index contributed by atoms with van der Waals surface area (Å²) in [6.07, 6.45) is 0. The van der Waals surface area contributed by atoms with E-state index in [0.717, 1.165) is 0 Å². The smallest absolute Gasteiger partial charge is 0.322 e. The maximum Gasteiger partial charge on any atom is 0.322 e. The Hall–Kier alpha value is -2.27. The second kappa shape index (κ2) is 8.62.